The van der Waals surface area contributed by atoms with Crippen LogP contribution in [0.3, 0.4) is 0 Å². The van der Waals surface area contributed by atoms with E-state index in [9.17, 15) is 9.18 Å². The molecular weight excluding hydrogens is 191 g/mol. The molecule has 0 atom stereocenters. The van der Waals surface area contributed by atoms with Gasteiger partial charge in [-0.2, -0.15) is 0 Å². The van der Waals surface area contributed by atoms with Gasteiger partial charge in [0, 0.05) is 0 Å². The van der Waals surface area contributed by atoms with Crippen LogP contribution in [0.4, 0.5) is 4.39 Å². The largest absolute Gasteiger partial charge is 0.295 e. The van der Waals surface area contributed by atoms with Crippen molar-refractivity contribution in [3.63, 3.8) is 0 Å². The molecule has 0 fully saturated rings. The van der Waals surface area contributed by atoms with E-state index in [0.29, 0.717) is 5.56 Å². The van der Waals surface area contributed by atoms with Crippen molar-refractivity contribution in [2.75, 3.05) is 0 Å². The zero-order chi connectivity index (χ0) is 11.6. The quantitative estimate of drug-likeness (QED) is 0.677. The Morgan fingerprint density at radius 2 is 1.80 bits per heavy atom. The fourth-order valence-electron chi connectivity index (χ4n) is 1.36. The molecule has 0 N–H and O–H groups in total. The van der Waals surface area contributed by atoms with Crippen LogP contribution in [-0.4, -0.2) is 5.78 Å². The summed E-state index contributed by atoms with van der Waals surface area (Å²) in [5.41, 5.74) is 3.14. The Kier molecular flexibility index (Phi) is 3.40. The fraction of sp³-hybridized carbons (Fsp3) is 0.308. The smallest absolute Gasteiger partial charge is 0.155 e. The maximum Gasteiger partial charge on any atom is 0.155 e. The molecule has 0 amide bonds. The summed E-state index contributed by atoms with van der Waals surface area (Å²) in [6.45, 7) is 6.92. The normalized spacial score (nSPS) is 12.3. The SMILES string of the molecule is CC(=O)/C(C)=C(/C)c1ccc(F)c(C)c1. The lowest BCUT2D eigenvalue weighted by Crippen LogP contribution is -1.96. The van der Waals surface area contributed by atoms with Gasteiger partial charge in [0.2, 0.25) is 0 Å². The molecule has 0 aliphatic rings. The summed E-state index contributed by atoms with van der Waals surface area (Å²) < 4.78 is 13.0. The molecule has 80 valence electrons. The second kappa shape index (κ2) is 4.39. The van der Waals surface area contributed by atoms with Gasteiger partial charge in [0.1, 0.15) is 5.82 Å². The van der Waals surface area contributed by atoms with Gasteiger partial charge in [-0.3, -0.25) is 4.79 Å². The minimum atomic E-state index is -0.216. The number of benzene rings is 1. The number of rotatable bonds is 2. The summed E-state index contributed by atoms with van der Waals surface area (Å²) in [6, 6.07) is 4.89. The molecule has 0 aliphatic carbocycles. The van der Waals surface area contributed by atoms with Crippen LogP contribution in [0.2, 0.25) is 0 Å². The van der Waals surface area contributed by atoms with E-state index < -0.39 is 0 Å². The van der Waals surface area contributed by atoms with E-state index >= 15 is 0 Å². The van der Waals surface area contributed by atoms with E-state index in [2.05, 4.69) is 0 Å². The number of carbonyl (C=O) groups is 1. The van der Waals surface area contributed by atoms with Crippen LogP contribution in [0.1, 0.15) is 31.9 Å². The number of ketones is 1. The second-order valence-corrected chi connectivity index (χ2v) is 3.77. The molecule has 0 aliphatic heterocycles. The summed E-state index contributed by atoms with van der Waals surface area (Å²) in [7, 11) is 0. The van der Waals surface area contributed by atoms with E-state index in [1.807, 2.05) is 6.92 Å². The number of hydrogen-bond acceptors (Lipinski definition) is 1. The number of Topliss-reactive ketones (excluding diaryl/α,β-unsaturated/α-hetero) is 1. The molecular formula is C13H15FO. The molecule has 0 aromatic heterocycles. The molecule has 0 heterocycles. The molecule has 1 aromatic carbocycles. The van der Waals surface area contributed by atoms with Gasteiger partial charge in [-0.15, -0.1) is 0 Å². The van der Waals surface area contributed by atoms with Crippen molar-refractivity contribution in [1.29, 1.82) is 0 Å². The monoisotopic (exact) mass is 206 g/mol. The summed E-state index contributed by atoms with van der Waals surface area (Å²) in [5.74, 6) is -0.165. The first kappa shape index (κ1) is 11.6. The van der Waals surface area contributed by atoms with Crippen LogP contribution in [0.25, 0.3) is 5.57 Å². The van der Waals surface area contributed by atoms with Crippen molar-refractivity contribution in [1.82, 2.24) is 0 Å². The average Bonchev–Trinajstić information content (AvgIpc) is 2.19. The van der Waals surface area contributed by atoms with Crippen molar-refractivity contribution < 1.29 is 9.18 Å². The van der Waals surface area contributed by atoms with Crippen LogP contribution in [-0.2, 0) is 4.79 Å². The minimum absolute atomic E-state index is 0.0504. The highest BCUT2D eigenvalue weighted by Crippen LogP contribution is 2.20. The van der Waals surface area contributed by atoms with E-state index in [0.717, 1.165) is 16.7 Å². The lowest BCUT2D eigenvalue weighted by Gasteiger charge is -2.06. The average molecular weight is 206 g/mol. The van der Waals surface area contributed by atoms with Gasteiger partial charge in [-0.1, -0.05) is 6.07 Å². The number of carbonyl (C=O) groups excluding carboxylic acids is 1. The molecule has 0 saturated heterocycles. The molecule has 0 saturated carbocycles. The Morgan fingerprint density at radius 1 is 1.20 bits per heavy atom. The predicted molar refractivity (Wildman–Crippen MR) is 60.1 cm³/mol. The first-order valence-electron chi connectivity index (χ1n) is 4.88. The highest BCUT2D eigenvalue weighted by Gasteiger charge is 2.06. The summed E-state index contributed by atoms with van der Waals surface area (Å²) in [5, 5.41) is 0. The zero-order valence-corrected chi connectivity index (χ0v) is 9.52. The Morgan fingerprint density at radius 3 is 2.27 bits per heavy atom. The maximum absolute atomic E-state index is 13.0. The number of hydrogen-bond donors (Lipinski definition) is 0. The van der Waals surface area contributed by atoms with Crippen molar-refractivity contribution in [2.45, 2.75) is 27.7 Å². The third-order valence-electron chi connectivity index (χ3n) is 2.68. The number of aryl methyl sites for hydroxylation is 1. The van der Waals surface area contributed by atoms with Crippen LogP contribution in [0, 0.1) is 12.7 Å². The van der Waals surface area contributed by atoms with Crippen LogP contribution in [0.5, 0.6) is 0 Å². The van der Waals surface area contributed by atoms with Crippen molar-refractivity contribution >= 4 is 11.4 Å². The maximum atomic E-state index is 13.0. The molecule has 0 bridgehead atoms. The van der Waals surface area contributed by atoms with Gasteiger partial charge in [0.25, 0.3) is 0 Å². The van der Waals surface area contributed by atoms with Crippen molar-refractivity contribution in [3.8, 4) is 0 Å². The lowest BCUT2D eigenvalue weighted by molar-refractivity contribution is -0.113. The molecule has 1 rings (SSSR count). The first-order chi connectivity index (χ1) is 6.93. The molecule has 15 heavy (non-hydrogen) atoms. The summed E-state index contributed by atoms with van der Waals surface area (Å²) in [4.78, 5) is 11.2. The molecule has 0 radical (unpaired) electrons. The van der Waals surface area contributed by atoms with Crippen molar-refractivity contribution in [2.24, 2.45) is 0 Å². The van der Waals surface area contributed by atoms with Gasteiger partial charge in [-0.05, 0) is 62.1 Å². The Labute approximate surface area is 89.6 Å². The highest BCUT2D eigenvalue weighted by molar-refractivity contribution is 6.00. The Hall–Kier alpha value is -1.44. The van der Waals surface area contributed by atoms with Crippen LogP contribution in [0.15, 0.2) is 23.8 Å². The third-order valence-corrected chi connectivity index (χ3v) is 2.68. The van der Waals surface area contributed by atoms with Crippen LogP contribution >= 0.6 is 0 Å². The second-order valence-electron chi connectivity index (χ2n) is 3.77. The van der Waals surface area contributed by atoms with Gasteiger partial charge >= 0.3 is 0 Å². The molecule has 0 unspecified atom stereocenters. The highest BCUT2D eigenvalue weighted by atomic mass is 19.1. The topological polar surface area (TPSA) is 17.1 Å². The van der Waals surface area contributed by atoms with Gasteiger partial charge < -0.3 is 0 Å². The predicted octanol–water partition coefficient (Wildman–Crippen LogP) is 3.52. The van der Waals surface area contributed by atoms with E-state index in [-0.39, 0.29) is 11.6 Å². The molecule has 0 spiro atoms. The van der Waals surface area contributed by atoms with Gasteiger partial charge in [-0.25, -0.2) is 4.39 Å². The first-order valence-corrected chi connectivity index (χ1v) is 4.88. The van der Waals surface area contributed by atoms with E-state index in [1.54, 1.807) is 26.0 Å². The van der Waals surface area contributed by atoms with Crippen LogP contribution < -0.4 is 0 Å². The molecule has 1 aromatic rings. The lowest BCUT2D eigenvalue weighted by atomic mass is 9.99. The van der Waals surface area contributed by atoms with E-state index in [1.165, 1.54) is 13.0 Å². The van der Waals surface area contributed by atoms with E-state index in [4.69, 9.17) is 0 Å². The number of allylic oxidation sites excluding steroid dienone is 2. The standard InChI is InChI=1S/C13H15FO/c1-8-7-12(5-6-13(8)14)10(3)9(2)11(4)15/h5-7H,1-4H3/b10-9-. The fourth-order valence-corrected chi connectivity index (χ4v) is 1.36. The Balaban J connectivity index is 3.23. The van der Waals surface area contributed by atoms with Gasteiger partial charge in [0.05, 0.1) is 0 Å². The van der Waals surface area contributed by atoms with Crippen molar-refractivity contribution in [3.05, 3.63) is 40.7 Å². The zero-order valence-electron chi connectivity index (χ0n) is 9.52. The molecule has 2 heteroatoms. The molecule has 1 nitrogen and oxygen atoms in total. The van der Waals surface area contributed by atoms with Gasteiger partial charge in [0.15, 0.2) is 5.78 Å². The number of halogens is 1. The third kappa shape index (κ3) is 2.52. The minimum Gasteiger partial charge on any atom is -0.295 e. The summed E-state index contributed by atoms with van der Waals surface area (Å²) >= 11 is 0. The summed E-state index contributed by atoms with van der Waals surface area (Å²) in [6.07, 6.45) is 0. The Bertz CT molecular complexity index is 430.